The first-order valence-corrected chi connectivity index (χ1v) is 16.3. The van der Waals surface area contributed by atoms with Gasteiger partial charge in [-0.05, 0) is 34.3 Å². The third kappa shape index (κ3) is 6.54. The molecule has 3 aromatic rings. The van der Waals surface area contributed by atoms with E-state index in [-0.39, 0.29) is 35.2 Å². The van der Waals surface area contributed by atoms with Crippen LogP contribution in [0.5, 0.6) is 0 Å². The average molecular weight is 549 g/mol. The molecule has 0 spiro atoms. The van der Waals surface area contributed by atoms with Gasteiger partial charge < -0.3 is 13.9 Å². The van der Waals surface area contributed by atoms with Crippen molar-refractivity contribution in [3.05, 3.63) is 96.6 Å². The van der Waals surface area contributed by atoms with Crippen LogP contribution in [0.1, 0.15) is 53.5 Å². The Morgan fingerprint density at radius 1 is 0.821 bits per heavy atom. The normalized spacial score (nSPS) is 24.8. The number of hydrogen-bond acceptors (Lipinski definition) is 3. The first-order chi connectivity index (χ1) is 18.6. The Hall–Kier alpha value is -2.31. The molecule has 0 amide bonds. The lowest BCUT2D eigenvalue weighted by atomic mass is 9.81. The fourth-order valence-electron chi connectivity index (χ4n) is 6.17. The van der Waals surface area contributed by atoms with E-state index in [9.17, 15) is 0 Å². The van der Waals surface area contributed by atoms with Crippen molar-refractivity contribution >= 4 is 18.7 Å². The van der Waals surface area contributed by atoms with Crippen LogP contribution in [0.4, 0.5) is 4.39 Å². The topological polar surface area (TPSA) is 27.7 Å². The molecule has 0 saturated carbocycles. The Balaban J connectivity index is 1.51. The molecule has 1 fully saturated rings. The molecule has 1 aliphatic heterocycles. The second-order valence-electron chi connectivity index (χ2n) is 12.1. The van der Waals surface area contributed by atoms with Crippen LogP contribution in [0.25, 0.3) is 0 Å². The Bertz CT molecular complexity index is 1100. The van der Waals surface area contributed by atoms with E-state index in [0.717, 1.165) is 5.56 Å². The quantitative estimate of drug-likeness (QED) is 0.257. The van der Waals surface area contributed by atoms with E-state index in [0.29, 0.717) is 19.6 Å². The second-order valence-corrected chi connectivity index (χ2v) is 16.4. The summed E-state index contributed by atoms with van der Waals surface area (Å²) in [5, 5.41) is 2.40. The molecule has 3 nitrogen and oxygen atoms in total. The van der Waals surface area contributed by atoms with E-state index in [2.05, 4.69) is 81.4 Å². The maximum absolute atomic E-state index is 15.6. The highest BCUT2D eigenvalue weighted by atomic mass is 28.4. The monoisotopic (exact) mass is 548 g/mol. The van der Waals surface area contributed by atoms with Gasteiger partial charge in [-0.3, -0.25) is 0 Å². The van der Waals surface area contributed by atoms with Gasteiger partial charge in [0.25, 0.3) is 8.32 Å². The molecule has 0 aromatic heterocycles. The third-order valence-corrected chi connectivity index (χ3v) is 13.4. The molecular formula is C34H45FO3Si. The van der Waals surface area contributed by atoms with Crippen LogP contribution in [0.2, 0.25) is 5.04 Å². The fraction of sp³-hybridized carbons (Fsp3) is 0.471. The zero-order valence-electron chi connectivity index (χ0n) is 24.3. The zero-order chi connectivity index (χ0) is 28.0. The number of hydrogen-bond donors (Lipinski definition) is 0. The van der Waals surface area contributed by atoms with Crippen molar-refractivity contribution in [2.45, 2.75) is 84.1 Å². The van der Waals surface area contributed by atoms with Crippen LogP contribution in [0, 0.1) is 11.8 Å². The number of benzene rings is 3. The maximum atomic E-state index is 15.6. The molecule has 0 aliphatic carbocycles. The van der Waals surface area contributed by atoms with E-state index < -0.39 is 14.5 Å². The zero-order valence-corrected chi connectivity index (χ0v) is 25.3. The second kappa shape index (κ2) is 12.9. The lowest BCUT2D eigenvalue weighted by Gasteiger charge is -2.45. The number of alkyl halides is 1. The summed E-state index contributed by atoms with van der Waals surface area (Å²) in [5.74, 6) is -0.444. The van der Waals surface area contributed by atoms with Crippen molar-refractivity contribution < 1.29 is 18.3 Å². The van der Waals surface area contributed by atoms with Gasteiger partial charge in [0.1, 0.15) is 6.17 Å². The molecule has 0 bridgehead atoms. The van der Waals surface area contributed by atoms with Crippen molar-refractivity contribution in [1.82, 2.24) is 0 Å². The van der Waals surface area contributed by atoms with Gasteiger partial charge >= 0.3 is 0 Å². The standard InChI is InChI=1S/C34H45FO3Si/c1-25-31(38-33(26(2)32(25)35)27(3)36-24-28-16-10-7-11-17-28)22-23-37-39(34(4,5)6,29-18-12-8-13-19-29)30-20-14-9-15-21-30/h7-21,25-27,31-33H,22-24H2,1-6H3/t25-,26+,27-,31+,32-,33+/m0/s1. The van der Waals surface area contributed by atoms with Crippen molar-refractivity contribution in [2.75, 3.05) is 6.61 Å². The van der Waals surface area contributed by atoms with E-state index in [1.807, 2.05) is 51.1 Å². The summed E-state index contributed by atoms with van der Waals surface area (Å²) in [6, 6.07) is 31.4. The summed E-state index contributed by atoms with van der Waals surface area (Å²) in [7, 11) is -2.65. The molecule has 210 valence electrons. The van der Waals surface area contributed by atoms with Crippen molar-refractivity contribution in [3.8, 4) is 0 Å². The van der Waals surface area contributed by atoms with E-state index in [1.165, 1.54) is 10.4 Å². The van der Waals surface area contributed by atoms with Gasteiger partial charge in [-0.15, -0.1) is 0 Å². The number of ether oxygens (including phenoxy) is 2. The van der Waals surface area contributed by atoms with Gasteiger partial charge in [0.15, 0.2) is 0 Å². The largest absolute Gasteiger partial charge is 0.407 e. The van der Waals surface area contributed by atoms with Crippen LogP contribution < -0.4 is 10.4 Å². The smallest absolute Gasteiger partial charge is 0.261 e. The molecular weight excluding hydrogens is 503 g/mol. The molecule has 1 saturated heterocycles. The molecule has 3 aromatic carbocycles. The first kappa shape index (κ1) is 29.7. The van der Waals surface area contributed by atoms with Gasteiger partial charge in [0.05, 0.1) is 24.9 Å². The molecule has 0 N–H and O–H groups in total. The Kier molecular flexibility index (Phi) is 9.81. The number of halogens is 1. The fourth-order valence-corrected chi connectivity index (χ4v) is 10.7. The lowest BCUT2D eigenvalue weighted by Crippen LogP contribution is -2.66. The van der Waals surface area contributed by atoms with Crippen LogP contribution in [-0.2, 0) is 20.5 Å². The molecule has 0 unspecified atom stereocenters. The maximum Gasteiger partial charge on any atom is 0.261 e. The minimum atomic E-state index is -2.65. The summed E-state index contributed by atoms with van der Waals surface area (Å²) in [5.41, 5.74) is 1.10. The van der Waals surface area contributed by atoms with Gasteiger partial charge in [-0.1, -0.05) is 126 Å². The summed E-state index contributed by atoms with van der Waals surface area (Å²) >= 11 is 0. The Morgan fingerprint density at radius 2 is 1.33 bits per heavy atom. The third-order valence-electron chi connectivity index (χ3n) is 8.40. The molecule has 1 aliphatic rings. The van der Waals surface area contributed by atoms with Crippen LogP contribution in [0.3, 0.4) is 0 Å². The highest BCUT2D eigenvalue weighted by molar-refractivity contribution is 6.99. The summed E-state index contributed by atoms with van der Waals surface area (Å²) in [4.78, 5) is 0. The molecule has 4 rings (SSSR count). The van der Waals surface area contributed by atoms with Gasteiger partial charge in [0, 0.05) is 18.4 Å². The average Bonchev–Trinajstić information content (AvgIpc) is 2.94. The van der Waals surface area contributed by atoms with Crippen molar-refractivity contribution in [2.24, 2.45) is 11.8 Å². The summed E-state index contributed by atoms with van der Waals surface area (Å²) in [6.45, 7) is 13.8. The molecule has 6 atom stereocenters. The molecule has 39 heavy (non-hydrogen) atoms. The van der Waals surface area contributed by atoms with E-state index >= 15 is 4.39 Å². The highest BCUT2D eigenvalue weighted by Gasteiger charge is 2.50. The van der Waals surface area contributed by atoms with Crippen molar-refractivity contribution in [3.63, 3.8) is 0 Å². The summed E-state index contributed by atoms with van der Waals surface area (Å²) in [6.07, 6.45) is -1.07. The van der Waals surface area contributed by atoms with E-state index in [4.69, 9.17) is 13.9 Å². The highest BCUT2D eigenvalue weighted by Crippen LogP contribution is 2.39. The number of rotatable bonds is 10. The molecule has 0 radical (unpaired) electrons. The van der Waals surface area contributed by atoms with Crippen LogP contribution >= 0.6 is 0 Å². The Morgan fingerprint density at radius 3 is 1.85 bits per heavy atom. The molecule has 1 heterocycles. The SMILES string of the molecule is C[C@@H]1[C@@H](F)[C@@H](C)[C@@H](CCO[Si](c2ccccc2)(c2ccccc2)C(C)(C)C)O[C@H]1[C@H](C)OCc1ccccc1. The predicted molar refractivity (Wildman–Crippen MR) is 161 cm³/mol. The minimum Gasteiger partial charge on any atom is -0.407 e. The first-order valence-electron chi connectivity index (χ1n) is 14.3. The van der Waals surface area contributed by atoms with Gasteiger partial charge in [0.2, 0.25) is 0 Å². The molecule has 5 heteroatoms. The lowest BCUT2D eigenvalue weighted by molar-refractivity contribution is -0.190. The van der Waals surface area contributed by atoms with Crippen LogP contribution in [-0.4, -0.2) is 39.4 Å². The van der Waals surface area contributed by atoms with Crippen LogP contribution in [0.15, 0.2) is 91.0 Å². The van der Waals surface area contributed by atoms with Gasteiger partial charge in [-0.25, -0.2) is 4.39 Å². The minimum absolute atomic E-state index is 0.103. The predicted octanol–water partition coefficient (Wildman–Crippen LogP) is 6.94. The Labute approximate surface area is 235 Å². The van der Waals surface area contributed by atoms with Gasteiger partial charge in [-0.2, -0.15) is 0 Å². The van der Waals surface area contributed by atoms with Crippen molar-refractivity contribution in [1.29, 1.82) is 0 Å². The van der Waals surface area contributed by atoms with E-state index in [1.54, 1.807) is 0 Å². The summed E-state index contributed by atoms with van der Waals surface area (Å²) < 4.78 is 35.5.